The first-order chi connectivity index (χ1) is 16.1. The first-order valence-corrected chi connectivity index (χ1v) is 11.0. The molecule has 3 heterocycles. The second-order valence-electron chi connectivity index (χ2n) is 8.27. The molecule has 176 valence electrons. The van der Waals surface area contributed by atoms with Crippen molar-refractivity contribution in [2.75, 3.05) is 5.32 Å². The Kier molecular flexibility index (Phi) is 5.06. The number of carbonyl (C=O) groups excluding carboxylic acids is 1. The lowest BCUT2D eigenvalue weighted by atomic mass is 9.71. The van der Waals surface area contributed by atoms with Crippen LogP contribution in [0, 0.1) is 17.0 Å². The number of halogens is 4. The number of rotatable bonds is 3. The highest BCUT2D eigenvalue weighted by atomic mass is 79.9. The van der Waals surface area contributed by atoms with Gasteiger partial charge in [-0.1, -0.05) is 57.5 Å². The van der Waals surface area contributed by atoms with Crippen LogP contribution in [0.15, 0.2) is 57.5 Å². The van der Waals surface area contributed by atoms with Crippen LogP contribution in [0.3, 0.4) is 0 Å². The largest absolute Gasteiger partial charge is 0.404 e. The molecule has 3 aromatic rings. The van der Waals surface area contributed by atoms with Gasteiger partial charge in [-0.2, -0.15) is 13.2 Å². The monoisotopic (exact) mass is 536 g/mol. The number of benzene rings is 2. The van der Waals surface area contributed by atoms with Crippen molar-refractivity contribution in [1.82, 2.24) is 10.5 Å². The van der Waals surface area contributed by atoms with E-state index >= 15 is 0 Å². The Morgan fingerprint density at radius 3 is 2.56 bits per heavy atom. The molecule has 4 atom stereocenters. The van der Waals surface area contributed by atoms with Gasteiger partial charge in [-0.3, -0.25) is 20.2 Å². The number of hydrogen-bond acceptors (Lipinski definition) is 6. The number of fused-ring (bicyclic) bond motifs is 2. The van der Waals surface area contributed by atoms with E-state index < -0.39 is 46.1 Å². The molecule has 1 spiro atoms. The third-order valence-electron chi connectivity index (χ3n) is 6.44. The summed E-state index contributed by atoms with van der Waals surface area (Å²) >= 11 is 3.30. The molecule has 1 aromatic heterocycles. The average molecular weight is 537 g/mol. The van der Waals surface area contributed by atoms with Gasteiger partial charge in [0.2, 0.25) is 11.7 Å². The number of aromatic nitrogens is 1. The van der Waals surface area contributed by atoms with Gasteiger partial charge in [-0.05, 0) is 24.6 Å². The van der Waals surface area contributed by atoms with Gasteiger partial charge in [0.05, 0.1) is 10.8 Å². The first-order valence-electron chi connectivity index (χ1n) is 10.2. The summed E-state index contributed by atoms with van der Waals surface area (Å²) in [5.74, 6) is -4.00. The van der Waals surface area contributed by atoms with E-state index in [0.29, 0.717) is 10.2 Å². The predicted octanol–water partition coefficient (Wildman–Crippen LogP) is 4.90. The summed E-state index contributed by atoms with van der Waals surface area (Å²) in [7, 11) is 0. The van der Waals surface area contributed by atoms with Crippen LogP contribution in [-0.2, 0) is 10.3 Å². The van der Waals surface area contributed by atoms with Crippen LogP contribution < -0.4 is 10.6 Å². The number of amides is 1. The number of carbonyl (C=O) groups is 1. The number of nitrogens with one attached hydrogen (secondary N) is 2. The van der Waals surface area contributed by atoms with Gasteiger partial charge in [0.15, 0.2) is 5.69 Å². The van der Waals surface area contributed by atoms with E-state index in [-0.39, 0.29) is 22.6 Å². The van der Waals surface area contributed by atoms with Gasteiger partial charge < -0.3 is 9.84 Å². The van der Waals surface area contributed by atoms with Crippen molar-refractivity contribution in [2.45, 2.75) is 36.5 Å². The highest BCUT2D eigenvalue weighted by Crippen LogP contribution is 2.60. The molecule has 2 aliphatic heterocycles. The smallest absolute Gasteiger partial charge is 0.353 e. The fourth-order valence-electron chi connectivity index (χ4n) is 5.16. The molecule has 1 amide bonds. The fourth-order valence-corrected chi connectivity index (χ4v) is 5.52. The number of nitrogens with zero attached hydrogens (tertiary/aromatic N) is 2. The molecule has 0 saturated carbocycles. The molecule has 0 unspecified atom stereocenters. The molecule has 0 aliphatic carbocycles. The van der Waals surface area contributed by atoms with Gasteiger partial charge in [0, 0.05) is 21.6 Å². The summed E-state index contributed by atoms with van der Waals surface area (Å²) in [6.45, 7) is 1.33. The molecule has 34 heavy (non-hydrogen) atoms. The van der Waals surface area contributed by atoms with Crippen molar-refractivity contribution in [1.29, 1.82) is 0 Å². The van der Waals surface area contributed by atoms with Crippen LogP contribution in [0.5, 0.6) is 0 Å². The number of nitro groups is 1. The molecule has 2 N–H and O–H groups in total. The van der Waals surface area contributed by atoms with Crippen LogP contribution in [0.1, 0.15) is 34.4 Å². The van der Waals surface area contributed by atoms with Gasteiger partial charge in [-0.15, -0.1) is 0 Å². The van der Waals surface area contributed by atoms with Crippen molar-refractivity contribution >= 4 is 33.2 Å². The summed E-state index contributed by atoms with van der Waals surface area (Å²) in [6.07, 6.45) is -4.79. The van der Waals surface area contributed by atoms with Gasteiger partial charge in [0.25, 0.3) is 0 Å². The van der Waals surface area contributed by atoms with Crippen molar-refractivity contribution in [3.63, 3.8) is 0 Å². The molecule has 0 radical (unpaired) electrons. The van der Waals surface area contributed by atoms with Crippen molar-refractivity contribution in [3.8, 4) is 0 Å². The lowest BCUT2D eigenvalue weighted by Gasteiger charge is -2.29. The second kappa shape index (κ2) is 7.64. The molecular weight excluding hydrogens is 521 g/mol. The standard InChI is InChI=1S/C22H16BrF3N4O4/c1-10-17(30(32)33)18(34-29-10)16-15(11-5-3-2-4-6-11)19(22(24,25)26)28-21(16)13-8-7-12(23)9-14(13)27-20(21)31/h2-9,15-16,19,28H,1H3,(H,27,31)/t15-,16+,19-,21-/m1/s1. The highest BCUT2D eigenvalue weighted by Gasteiger charge is 2.69. The Morgan fingerprint density at radius 1 is 1.21 bits per heavy atom. The minimum absolute atomic E-state index is 0.0909. The average Bonchev–Trinajstić information content (AvgIpc) is 3.40. The zero-order valence-corrected chi connectivity index (χ0v) is 19.0. The van der Waals surface area contributed by atoms with Gasteiger partial charge in [0.1, 0.15) is 11.6 Å². The maximum atomic E-state index is 14.5. The zero-order chi connectivity index (χ0) is 24.4. The van der Waals surface area contributed by atoms with Crippen molar-refractivity contribution < 1.29 is 27.4 Å². The van der Waals surface area contributed by atoms with Gasteiger partial charge >= 0.3 is 11.9 Å². The Morgan fingerprint density at radius 2 is 1.91 bits per heavy atom. The molecule has 8 nitrogen and oxygen atoms in total. The minimum Gasteiger partial charge on any atom is -0.353 e. The molecule has 12 heteroatoms. The lowest BCUT2D eigenvalue weighted by Crippen LogP contribution is -2.52. The molecule has 1 saturated heterocycles. The van der Waals surface area contributed by atoms with Crippen LogP contribution >= 0.6 is 15.9 Å². The Hall–Kier alpha value is -3.25. The number of anilines is 1. The first kappa shape index (κ1) is 22.5. The second-order valence-corrected chi connectivity index (χ2v) is 9.18. The Balaban J connectivity index is 1.86. The molecule has 0 bridgehead atoms. The maximum absolute atomic E-state index is 14.5. The van der Waals surface area contributed by atoms with Crippen LogP contribution in [-0.4, -0.2) is 28.2 Å². The summed E-state index contributed by atoms with van der Waals surface area (Å²) < 4.78 is 49.4. The number of alkyl halides is 3. The summed E-state index contributed by atoms with van der Waals surface area (Å²) in [5.41, 5.74) is -1.85. The highest BCUT2D eigenvalue weighted by molar-refractivity contribution is 9.10. The minimum atomic E-state index is -4.79. The summed E-state index contributed by atoms with van der Waals surface area (Å²) in [4.78, 5) is 24.7. The number of aryl methyl sites for hydroxylation is 1. The van der Waals surface area contributed by atoms with E-state index in [9.17, 15) is 28.1 Å². The maximum Gasteiger partial charge on any atom is 0.404 e. The van der Waals surface area contributed by atoms with Crippen molar-refractivity contribution in [2.24, 2.45) is 0 Å². The Bertz CT molecular complexity index is 1310. The third kappa shape index (κ3) is 3.16. The predicted molar refractivity (Wildman–Crippen MR) is 117 cm³/mol. The van der Waals surface area contributed by atoms with E-state index in [1.165, 1.54) is 25.1 Å². The van der Waals surface area contributed by atoms with E-state index in [1.807, 2.05) is 0 Å². The number of hydrogen-bond donors (Lipinski definition) is 2. The SMILES string of the molecule is Cc1noc([C@@H]2[C@@H](c3ccccc3)[C@H](C(F)(F)F)N[C@@]23C(=O)Nc2cc(Br)ccc23)c1[N+](=O)[O-]. The fraction of sp³-hybridized carbons (Fsp3) is 0.273. The van der Waals surface area contributed by atoms with Crippen LogP contribution in [0.25, 0.3) is 0 Å². The lowest BCUT2D eigenvalue weighted by molar-refractivity contribution is -0.386. The molecular formula is C22H16BrF3N4O4. The van der Waals surface area contributed by atoms with Gasteiger partial charge in [-0.25, -0.2) is 0 Å². The molecule has 2 aromatic carbocycles. The van der Waals surface area contributed by atoms with Crippen molar-refractivity contribution in [3.05, 3.63) is 85.7 Å². The molecule has 1 fully saturated rings. The third-order valence-corrected chi connectivity index (χ3v) is 6.93. The van der Waals surface area contributed by atoms with E-state index in [1.54, 1.807) is 30.3 Å². The van der Waals surface area contributed by atoms with Crippen LogP contribution in [0.4, 0.5) is 24.5 Å². The van der Waals surface area contributed by atoms with E-state index in [2.05, 4.69) is 31.7 Å². The summed E-state index contributed by atoms with van der Waals surface area (Å²) in [6, 6.07) is 10.3. The van der Waals surface area contributed by atoms with E-state index in [0.717, 1.165) is 0 Å². The zero-order valence-electron chi connectivity index (χ0n) is 17.4. The quantitative estimate of drug-likeness (QED) is 0.363. The molecule has 2 aliphatic rings. The topological polar surface area (TPSA) is 110 Å². The Labute approximate surface area is 198 Å². The molecule has 5 rings (SSSR count). The van der Waals surface area contributed by atoms with E-state index in [4.69, 9.17) is 4.52 Å². The normalized spacial score (nSPS) is 26.0. The van der Waals surface area contributed by atoms with Crippen LogP contribution in [0.2, 0.25) is 0 Å². The summed E-state index contributed by atoms with van der Waals surface area (Å²) in [5, 5.41) is 20.8.